The van der Waals surface area contributed by atoms with Gasteiger partial charge in [0.15, 0.2) is 10.0 Å². The molecule has 1 aromatic rings. The topological polar surface area (TPSA) is 105 Å². The maximum absolute atomic E-state index is 11.6. The molecular weight excluding hydrogens is 331 g/mol. The third-order valence-electron chi connectivity index (χ3n) is 2.66. The van der Waals surface area contributed by atoms with E-state index < -0.39 is 40.1 Å². The molecule has 0 bridgehead atoms. The molecule has 9 heteroatoms. The molecule has 100 valence electrons. The van der Waals surface area contributed by atoms with Crippen LogP contribution >= 0.6 is 27.5 Å². The van der Waals surface area contributed by atoms with Crippen molar-refractivity contribution in [2.45, 2.75) is 22.2 Å². The second-order valence-electron chi connectivity index (χ2n) is 3.85. The van der Waals surface area contributed by atoms with Crippen LogP contribution in [0.2, 0.25) is 0 Å². The Morgan fingerprint density at radius 2 is 2.28 bits per heavy atom. The summed E-state index contributed by atoms with van der Waals surface area (Å²) in [5.41, 5.74) is -1.27. The van der Waals surface area contributed by atoms with Gasteiger partial charge in [-0.25, -0.2) is 4.79 Å². The van der Waals surface area contributed by atoms with E-state index in [1.807, 2.05) is 4.98 Å². The monoisotopic (exact) mass is 340 g/mol. The number of aromatic nitrogens is 2. The first-order valence-electron chi connectivity index (χ1n) is 5.01. The van der Waals surface area contributed by atoms with Gasteiger partial charge in [0.05, 0.1) is 6.61 Å². The largest absolute Gasteiger partial charge is 0.394 e. The molecule has 0 saturated carbocycles. The molecule has 1 aromatic heterocycles. The Bertz CT molecular complexity index is 556. The van der Waals surface area contributed by atoms with Crippen LogP contribution in [0.4, 0.5) is 0 Å². The number of H-pyrrole nitrogens is 1. The number of alkyl halides is 2. The Labute approximate surface area is 114 Å². The van der Waals surface area contributed by atoms with Crippen LogP contribution in [-0.2, 0) is 4.74 Å². The maximum atomic E-state index is 11.6. The Kier molecular flexibility index (Phi) is 3.65. The van der Waals surface area contributed by atoms with E-state index in [0.717, 1.165) is 10.6 Å². The molecule has 1 saturated heterocycles. The zero-order chi connectivity index (χ0) is 13.5. The van der Waals surface area contributed by atoms with Crippen molar-refractivity contribution in [1.29, 1.82) is 0 Å². The van der Waals surface area contributed by atoms with Gasteiger partial charge in [-0.1, -0.05) is 27.5 Å². The summed E-state index contributed by atoms with van der Waals surface area (Å²) < 4.78 is 4.87. The van der Waals surface area contributed by atoms with Gasteiger partial charge in [0.1, 0.15) is 12.2 Å². The molecule has 3 N–H and O–H groups in total. The first kappa shape index (κ1) is 13.8. The predicted octanol–water partition coefficient (Wildman–Crippen LogP) is -0.883. The maximum Gasteiger partial charge on any atom is 0.330 e. The summed E-state index contributed by atoms with van der Waals surface area (Å²) in [6, 6.07) is 1.13. The third-order valence-corrected chi connectivity index (χ3v) is 3.93. The number of hydrogen-bond donors (Lipinski definition) is 3. The number of hydrogen-bond acceptors (Lipinski definition) is 5. The molecule has 4 atom stereocenters. The fourth-order valence-electron chi connectivity index (χ4n) is 1.73. The molecular formula is C9H10BrClN2O5. The van der Waals surface area contributed by atoms with Crippen LogP contribution in [0.5, 0.6) is 0 Å². The number of nitrogens with zero attached hydrogens (tertiary/aromatic N) is 1. The van der Waals surface area contributed by atoms with E-state index in [1.165, 1.54) is 6.20 Å². The highest BCUT2D eigenvalue weighted by Crippen LogP contribution is 2.47. The highest BCUT2D eigenvalue weighted by atomic mass is 79.9. The second-order valence-corrected chi connectivity index (χ2v) is 6.24. The summed E-state index contributed by atoms with van der Waals surface area (Å²) in [5, 5.41) is 18.9. The van der Waals surface area contributed by atoms with Gasteiger partial charge in [0.25, 0.3) is 5.56 Å². The number of halogens is 2. The molecule has 18 heavy (non-hydrogen) atoms. The van der Waals surface area contributed by atoms with E-state index in [9.17, 15) is 14.7 Å². The van der Waals surface area contributed by atoms with Crippen molar-refractivity contribution < 1.29 is 14.9 Å². The van der Waals surface area contributed by atoms with E-state index in [1.54, 1.807) is 0 Å². The van der Waals surface area contributed by atoms with E-state index in [4.69, 9.17) is 21.4 Å². The van der Waals surface area contributed by atoms with Crippen LogP contribution < -0.4 is 11.2 Å². The smallest absolute Gasteiger partial charge is 0.330 e. The molecule has 2 rings (SSSR count). The molecule has 1 aliphatic rings. The molecule has 0 amide bonds. The second kappa shape index (κ2) is 4.78. The minimum absolute atomic E-state index is 0.449. The number of nitrogens with one attached hydrogen (secondary N) is 1. The standard InChI is InChI=1S/C9H10BrClN2O5/c10-9(11)6(16)4(3-14)18-7(9)13-2-1-5(15)12-8(13)17/h1-2,4,6-7,14,16H,3H2,(H,12,15,17)/t4-,6-,7-,9-/m1/s1. The fraction of sp³-hybridized carbons (Fsp3) is 0.556. The molecule has 0 aromatic carbocycles. The lowest BCUT2D eigenvalue weighted by Crippen LogP contribution is -2.40. The molecule has 1 fully saturated rings. The lowest BCUT2D eigenvalue weighted by atomic mass is 10.2. The molecule has 2 heterocycles. The first-order valence-corrected chi connectivity index (χ1v) is 6.18. The van der Waals surface area contributed by atoms with E-state index in [2.05, 4.69) is 15.9 Å². The number of ether oxygens (including phenoxy) is 1. The molecule has 7 nitrogen and oxygen atoms in total. The summed E-state index contributed by atoms with van der Waals surface area (Å²) in [7, 11) is 0. The SMILES string of the molecule is O=c1ccn([C@@H]2O[C@H](CO)[C@@H](O)[C@]2(Cl)Br)c(=O)[nH]1. The van der Waals surface area contributed by atoms with Crippen molar-refractivity contribution in [3.8, 4) is 0 Å². The number of aliphatic hydroxyl groups is 2. The van der Waals surface area contributed by atoms with Crippen LogP contribution in [0.1, 0.15) is 6.23 Å². The van der Waals surface area contributed by atoms with Crippen molar-refractivity contribution in [2.24, 2.45) is 0 Å². The zero-order valence-electron chi connectivity index (χ0n) is 8.92. The van der Waals surface area contributed by atoms with Crippen molar-refractivity contribution in [2.75, 3.05) is 6.61 Å². The highest BCUT2D eigenvalue weighted by molar-refractivity contribution is 9.10. The van der Waals surface area contributed by atoms with Gasteiger partial charge < -0.3 is 14.9 Å². The van der Waals surface area contributed by atoms with Gasteiger partial charge in [-0.2, -0.15) is 0 Å². The van der Waals surface area contributed by atoms with E-state index in [0.29, 0.717) is 0 Å². The predicted molar refractivity (Wildman–Crippen MR) is 65.8 cm³/mol. The Balaban J connectivity index is 2.45. The number of rotatable bonds is 2. The summed E-state index contributed by atoms with van der Waals surface area (Å²) >= 11 is 9.16. The van der Waals surface area contributed by atoms with Crippen molar-refractivity contribution in [1.82, 2.24) is 9.55 Å². The third kappa shape index (κ3) is 2.14. The lowest BCUT2D eigenvalue weighted by Gasteiger charge is -2.24. The molecule has 0 aliphatic carbocycles. The average molecular weight is 342 g/mol. The Morgan fingerprint density at radius 3 is 2.78 bits per heavy atom. The van der Waals surface area contributed by atoms with Crippen molar-refractivity contribution in [3.05, 3.63) is 33.1 Å². The summed E-state index contributed by atoms with van der Waals surface area (Å²) in [4.78, 5) is 24.6. The van der Waals surface area contributed by atoms with E-state index >= 15 is 0 Å². The molecule has 0 radical (unpaired) electrons. The van der Waals surface area contributed by atoms with Gasteiger partial charge in [0, 0.05) is 12.3 Å². The molecule has 0 unspecified atom stereocenters. The average Bonchev–Trinajstić information content (AvgIpc) is 2.52. The first-order chi connectivity index (χ1) is 8.37. The summed E-state index contributed by atoms with van der Waals surface area (Å²) in [6.45, 7) is -0.449. The summed E-state index contributed by atoms with van der Waals surface area (Å²) in [5.74, 6) is 0. The molecule has 1 aliphatic heterocycles. The fourth-order valence-corrected chi connectivity index (χ4v) is 2.65. The van der Waals surface area contributed by atoms with Crippen LogP contribution in [0.15, 0.2) is 21.9 Å². The highest BCUT2D eigenvalue weighted by Gasteiger charge is 2.54. The van der Waals surface area contributed by atoms with Gasteiger partial charge in [-0.05, 0) is 0 Å². The van der Waals surface area contributed by atoms with Crippen LogP contribution in [0, 0.1) is 0 Å². The minimum atomic E-state index is -1.47. The van der Waals surface area contributed by atoms with Crippen molar-refractivity contribution in [3.63, 3.8) is 0 Å². The number of aliphatic hydroxyl groups excluding tert-OH is 2. The normalized spacial score (nSPS) is 35.9. The van der Waals surface area contributed by atoms with E-state index in [-0.39, 0.29) is 0 Å². The van der Waals surface area contributed by atoms with Gasteiger partial charge in [-0.3, -0.25) is 14.3 Å². The van der Waals surface area contributed by atoms with Crippen molar-refractivity contribution >= 4 is 27.5 Å². The quantitative estimate of drug-likeness (QED) is 0.606. The van der Waals surface area contributed by atoms with Crippen LogP contribution in [0.25, 0.3) is 0 Å². The zero-order valence-corrected chi connectivity index (χ0v) is 11.3. The summed E-state index contributed by atoms with van der Waals surface area (Å²) in [6.07, 6.45) is -1.99. The van der Waals surface area contributed by atoms with Gasteiger partial charge in [0.2, 0.25) is 0 Å². The van der Waals surface area contributed by atoms with Gasteiger partial charge >= 0.3 is 5.69 Å². The Morgan fingerprint density at radius 1 is 1.61 bits per heavy atom. The number of aromatic amines is 1. The minimum Gasteiger partial charge on any atom is -0.394 e. The van der Waals surface area contributed by atoms with Crippen LogP contribution in [0.3, 0.4) is 0 Å². The van der Waals surface area contributed by atoms with Gasteiger partial charge in [-0.15, -0.1) is 0 Å². The lowest BCUT2D eigenvalue weighted by molar-refractivity contribution is -0.0460. The Hall–Kier alpha value is -0.670. The molecule has 0 spiro atoms. The van der Waals surface area contributed by atoms with Crippen LogP contribution in [-0.4, -0.2) is 42.4 Å².